The van der Waals surface area contributed by atoms with Crippen molar-refractivity contribution in [3.05, 3.63) is 0 Å². The fourth-order valence-electron chi connectivity index (χ4n) is 0.419. The van der Waals surface area contributed by atoms with Crippen LogP contribution in [0, 0.1) is 0 Å². The van der Waals surface area contributed by atoms with Crippen LogP contribution in [0.2, 0.25) is 0 Å². The summed E-state index contributed by atoms with van der Waals surface area (Å²) in [6.07, 6.45) is 0.830. The van der Waals surface area contributed by atoms with Gasteiger partial charge in [0.05, 0.1) is 5.50 Å². The number of rotatable bonds is 4. The molecule has 0 aromatic carbocycles. The molecule has 1 nitrogen and oxygen atoms in total. The molecule has 0 saturated carbocycles. The largest absolute Gasteiger partial charge is 0.302 e. The van der Waals surface area contributed by atoms with E-state index < -0.39 is 0 Å². The van der Waals surface area contributed by atoms with E-state index in [-0.39, 0.29) is 5.50 Å². The lowest BCUT2D eigenvalue weighted by Crippen LogP contribution is -2.23. The first-order chi connectivity index (χ1) is 3.81. The fraction of sp³-hybridized carbons (Fsp3) is 1.00. The Labute approximate surface area is 60.4 Å². The second-order valence-electron chi connectivity index (χ2n) is 1.50. The molecule has 0 fully saturated rings. The highest BCUT2D eigenvalue weighted by Crippen LogP contribution is 1.97. The third-order valence-corrected chi connectivity index (χ3v) is 1.38. The highest BCUT2D eigenvalue weighted by atomic mass is 35.5. The van der Waals surface area contributed by atoms with Crippen LogP contribution in [0.5, 0.6) is 0 Å². The van der Waals surface area contributed by atoms with Crippen LogP contribution in [0.4, 0.5) is 0 Å². The predicted molar refractivity (Wildman–Crippen MR) is 38.7 cm³/mol. The van der Waals surface area contributed by atoms with Crippen LogP contribution >= 0.6 is 23.2 Å². The quantitative estimate of drug-likeness (QED) is 0.483. The first-order valence-corrected chi connectivity index (χ1v) is 3.71. The van der Waals surface area contributed by atoms with Crippen molar-refractivity contribution in [1.82, 2.24) is 5.32 Å². The summed E-state index contributed by atoms with van der Waals surface area (Å²) in [7, 11) is 0. The third kappa shape index (κ3) is 4.69. The molecular formula is C5H11Cl2N. The van der Waals surface area contributed by atoms with Crippen LogP contribution in [0.25, 0.3) is 0 Å². The minimum Gasteiger partial charge on any atom is -0.302 e. The van der Waals surface area contributed by atoms with Gasteiger partial charge >= 0.3 is 0 Å². The Morgan fingerprint density at radius 1 is 1.62 bits per heavy atom. The summed E-state index contributed by atoms with van der Waals surface area (Å²) in [5, 5.41) is 3.03. The SMILES string of the molecule is CCNC(Cl)CCCl. The maximum atomic E-state index is 5.69. The Bertz CT molecular complexity index is 43.7. The van der Waals surface area contributed by atoms with Crippen molar-refractivity contribution in [3.63, 3.8) is 0 Å². The molecule has 0 radical (unpaired) electrons. The summed E-state index contributed by atoms with van der Waals surface area (Å²) in [6, 6.07) is 0. The van der Waals surface area contributed by atoms with E-state index in [0.29, 0.717) is 5.88 Å². The highest BCUT2D eigenvalue weighted by molar-refractivity contribution is 6.22. The Morgan fingerprint density at radius 3 is 2.62 bits per heavy atom. The highest BCUT2D eigenvalue weighted by Gasteiger charge is 1.97. The summed E-state index contributed by atoms with van der Waals surface area (Å²) in [6.45, 7) is 2.93. The number of hydrogen-bond acceptors (Lipinski definition) is 1. The summed E-state index contributed by atoms with van der Waals surface area (Å²) >= 11 is 11.1. The molecule has 1 unspecified atom stereocenters. The van der Waals surface area contributed by atoms with Gasteiger partial charge in [-0.15, -0.1) is 23.2 Å². The standard InChI is InChI=1S/C5H11Cl2N/c1-2-8-5(7)3-4-6/h5,8H,2-4H2,1H3. The maximum Gasteiger partial charge on any atom is 0.0836 e. The molecule has 0 spiro atoms. The van der Waals surface area contributed by atoms with Crippen molar-refractivity contribution in [3.8, 4) is 0 Å². The van der Waals surface area contributed by atoms with Crippen LogP contribution in [0.3, 0.4) is 0 Å². The van der Waals surface area contributed by atoms with Gasteiger partial charge in [0.1, 0.15) is 0 Å². The molecule has 0 aromatic heterocycles. The van der Waals surface area contributed by atoms with E-state index in [2.05, 4.69) is 5.32 Å². The second-order valence-corrected chi connectivity index (χ2v) is 2.41. The molecule has 0 rings (SSSR count). The lowest BCUT2D eigenvalue weighted by Gasteiger charge is -2.05. The van der Waals surface area contributed by atoms with E-state index in [4.69, 9.17) is 23.2 Å². The van der Waals surface area contributed by atoms with E-state index in [9.17, 15) is 0 Å². The Balaban J connectivity index is 2.92. The second kappa shape index (κ2) is 5.67. The molecule has 0 aliphatic rings. The number of hydrogen-bond donors (Lipinski definition) is 1. The minimum absolute atomic E-state index is 0.0532. The molecule has 0 saturated heterocycles. The van der Waals surface area contributed by atoms with Crippen molar-refractivity contribution in [1.29, 1.82) is 0 Å². The van der Waals surface area contributed by atoms with Crippen LogP contribution < -0.4 is 5.32 Å². The van der Waals surface area contributed by atoms with E-state index in [1.54, 1.807) is 0 Å². The Morgan fingerprint density at radius 2 is 2.25 bits per heavy atom. The van der Waals surface area contributed by atoms with Crippen LogP contribution in [0.15, 0.2) is 0 Å². The third-order valence-electron chi connectivity index (χ3n) is 0.788. The zero-order valence-corrected chi connectivity index (χ0v) is 6.47. The molecule has 8 heavy (non-hydrogen) atoms. The average Bonchev–Trinajstić information content (AvgIpc) is 1.68. The number of alkyl halides is 2. The predicted octanol–water partition coefficient (Wildman–Crippen LogP) is 1.79. The molecule has 0 aromatic rings. The summed E-state index contributed by atoms with van der Waals surface area (Å²) in [5.41, 5.74) is 0.0532. The molecular weight excluding hydrogens is 145 g/mol. The summed E-state index contributed by atoms with van der Waals surface area (Å²) in [4.78, 5) is 0. The Hall–Kier alpha value is 0.540. The average molecular weight is 156 g/mol. The van der Waals surface area contributed by atoms with E-state index >= 15 is 0 Å². The smallest absolute Gasteiger partial charge is 0.0836 e. The lowest BCUT2D eigenvalue weighted by molar-refractivity contribution is 0.652. The van der Waals surface area contributed by atoms with Crippen LogP contribution in [0.1, 0.15) is 13.3 Å². The van der Waals surface area contributed by atoms with E-state index in [0.717, 1.165) is 13.0 Å². The van der Waals surface area contributed by atoms with Gasteiger partial charge in [-0.05, 0) is 13.0 Å². The monoisotopic (exact) mass is 155 g/mol. The van der Waals surface area contributed by atoms with Crippen molar-refractivity contribution >= 4 is 23.2 Å². The van der Waals surface area contributed by atoms with Gasteiger partial charge in [0, 0.05) is 5.88 Å². The first kappa shape index (κ1) is 8.54. The fourth-order valence-corrected chi connectivity index (χ4v) is 1.01. The molecule has 1 atom stereocenters. The van der Waals surface area contributed by atoms with Gasteiger partial charge in [-0.25, -0.2) is 0 Å². The maximum absolute atomic E-state index is 5.69. The zero-order valence-electron chi connectivity index (χ0n) is 4.95. The molecule has 0 aliphatic heterocycles. The molecule has 0 amide bonds. The van der Waals surface area contributed by atoms with Crippen molar-refractivity contribution in [2.75, 3.05) is 12.4 Å². The molecule has 0 aliphatic carbocycles. The van der Waals surface area contributed by atoms with Crippen molar-refractivity contribution in [2.24, 2.45) is 0 Å². The molecule has 50 valence electrons. The molecule has 1 N–H and O–H groups in total. The van der Waals surface area contributed by atoms with Gasteiger partial charge in [0.15, 0.2) is 0 Å². The van der Waals surface area contributed by atoms with Gasteiger partial charge < -0.3 is 5.32 Å². The molecule has 0 heterocycles. The molecule has 3 heteroatoms. The molecule has 0 bridgehead atoms. The van der Waals surface area contributed by atoms with Crippen molar-refractivity contribution < 1.29 is 0 Å². The van der Waals surface area contributed by atoms with Crippen LogP contribution in [-0.4, -0.2) is 17.9 Å². The van der Waals surface area contributed by atoms with Gasteiger partial charge in [-0.2, -0.15) is 0 Å². The van der Waals surface area contributed by atoms with Crippen molar-refractivity contribution in [2.45, 2.75) is 18.8 Å². The summed E-state index contributed by atoms with van der Waals surface area (Å²) in [5.74, 6) is 0.626. The van der Waals surface area contributed by atoms with Gasteiger partial charge in [0.25, 0.3) is 0 Å². The number of nitrogens with one attached hydrogen (secondary N) is 1. The minimum atomic E-state index is 0.0532. The topological polar surface area (TPSA) is 12.0 Å². The first-order valence-electron chi connectivity index (χ1n) is 2.74. The van der Waals surface area contributed by atoms with Gasteiger partial charge in [-0.1, -0.05) is 6.92 Å². The summed E-state index contributed by atoms with van der Waals surface area (Å²) < 4.78 is 0. The zero-order chi connectivity index (χ0) is 6.41. The van der Waals surface area contributed by atoms with E-state index in [1.807, 2.05) is 6.92 Å². The van der Waals surface area contributed by atoms with Gasteiger partial charge in [0.2, 0.25) is 0 Å². The Kier molecular flexibility index (Phi) is 6.06. The van der Waals surface area contributed by atoms with E-state index in [1.165, 1.54) is 0 Å². The normalized spacial score (nSPS) is 13.9. The number of halogens is 2. The van der Waals surface area contributed by atoms with Crippen LogP contribution in [-0.2, 0) is 0 Å². The van der Waals surface area contributed by atoms with Gasteiger partial charge in [-0.3, -0.25) is 0 Å². The lowest BCUT2D eigenvalue weighted by atomic mass is 10.5.